The first-order chi connectivity index (χ1) is 8.61. The van der Waals surface area contributed by atoms with Crippen molar-refractivity contribution >= 4 is 28.1 Å². The summed E-state index contributed by atoms with van der Waals surface area (Å²) in [5.41, 5.74) is 0.656. The molecule has 1 heterocycles. The van der Waals surface area contributed by atoms with Gasteiger partial charge in [0.15, 0.2) is 5.13 Å². The first kappa shape index (κ1) is 12.5. The molecule has 0 saturated heterocycles. The van der Waals surface area contributed by atoms with E-state index in [1.165, 1.54) is 18.3 Å². The molecule has 1 aromatic carbocycles. The van der Waals surface area contributed by atoms with E-state index in [4.69, 9.17) is 5.11 Å². The number of carboxylic acids is 1. The van der Waals surface area contributed by atoms with Crippen molar-refractivity contribution in [3.63, 3.8) is 0 Å². The van der Waals surface area contributed by atoms with E-state index >= 15 is 0 Å². The van der Waals surface area contributed by atoms with Crippen LogP contribution in [-0.2, 0) is 0 Å². The van der Waals surface area contributed by atoms with Gasteiger partial charge in [-0.15, -0.1) is 0 Å². The number of anilines is 2. The minimum absolute atomic E-state index is 0.167. The predicted octanol–water partition coefficient (Wildman–Crippen LogP) is 3.14. The highest BCUT2D eigenvalue weighted by atomic mass is 32.1. The fraction of sp³-hybridized carbons (Fsp3) is 0.167. The van der Waals surface area contributed by atoms with Gasteiger partial charge in [-0.2, -0.15) is 0 Å². The standard InChI is InChI=1S/C12H11FN2O2S/c1-2-15(9-5-3-4-8(13)6-9)12-14-7-10(18-12)11(16)17/h3-7H,2H2,1H3,(H,16,17). The van der Waals surface area contributed by atoms with Gasteiger partial charge in [0.2, 0.25) is 0 Å². The summed E-state index contributed by atoms with van der Waals surface area (Å²) in [6.45, 7) is 2.47. The van der Waals surface area contributed by atoms with Gasteiger partial charge in [0.1, 0.15) is 10.7 Å². The maximum atomic E-state index is 13.2. The van der Waals surface area contributed by atoms with Crippen LogP contribution in [0.25, 0.3) is 0 Å². The zero-order valence-electron chi connectivity index (χ0n) is 9.63. The average Bonchev–Trinajstić information content (AvgIpc) is 2.80. The Hall–Kier alpha value is -1.95. The van der Waals surface area contributed by atoms with Gasteiger partial charge in [-0.25, -0.2) is 14.2 Å². The Morgan fingerprint density at radius 2 is 2.33 bits per heavy atom. The van der Waals surface area contributed by atoms with E-state index < -0.39 is 5.97 Å². The number of benzene rings is 1. The van der Waals surface area contributed by atoms with Gasteiger partial charge in [0.05, 0.1) is 6.20 Å². The topological polar surface area (TPSA) is 53.4 Å². The number of aromatic carboxylic acids is 1. The van der Waals surface area contributed by atoms with Gasteiger partial charge >= 0.3 is 5.97 Å². The monoisotopic (exact) mass is 266 g/mol. The van der Waals surface area contributed by atoms with Crippen molar-refractivity contribution in [2.45, 2.75) is 6.92 Å². The largest absolute Gasteiger partial charge is 0.477 e. The van der Waals surface area contributed by atoms with E-state index in [0.717, 1.165) is 11.3 Å². The molecule has 0 aliphatic heterocycles. The Bertz CT molecular complexity index is 571. The van der Waals surface area contributed by atoms with E-state index in [0.29, 0.717) is 17.4 Å². The van der Waals surface area contributed by atoms with Gasteiger partial charge in [-0.05, 0) is 25.1 Å². The van der Waals surface area contributed by atoms with Crippen molar-refractivity contribution in [3.8, 4) is 0 Å². The number of thiazole rings is 1. The van der Waals surface area contributed by atoms with Crippen LogP contribution in [0, 0.1) is 5.82 Å². The lowest BCUT2D eigenvalue weighted by atomic mass is 10.3. The molecule has 0 radical (unpaired) electrons. The molecule has 18 heavy (non-hydrogen) atoms. The molecule has 1 aromatic heterocycles. The third kappa shape index (κ3) is 2.48. The molecule has 0 fully saturated rings. The molecule has 6 heteroatoms. The molecule has 2 rings (SSSR count). The second kappa shape index (κ2) is 5.14. The van der Waals surface area contributed by atoms with Gasteiger partial charge < -0.3 is 10.0 Å². The van der Waals surface area contributed by atoms with Crippen LogP contribution in [0.15, 0.2) is 30.5 Å². The van der Waals surface area contributed by atoms with Crippen LogP contribution >= 0.6 is 11.3 Å². The second-order valence-electron chi connectivity index (χ2n) is 3.54. The average molecular weight is 266 g/mol. The fourth-order valence-electron chi connectivity index (χ4n) is 1.56. The van der Waals surface area contributed by atoms with Crippen LogP contribution in [-0.4, -0.2) is 22.6 Å². The molecule has 0 unspecified atom stereocenters. The lowest BCUT2D eigenvalue weighted by Crippen LogP contribution is -2.15. The smallest absolute Gasteiger partial charge is 0.347 e. The first-order valence-electron chi connectivity index (χ1n) is 5.34. The minimum Gasteiger partial charge on any atom is -0.477 e. The molecule has 0 aliphatic carbocycles. The molecule has 0 bridgehead atoms. The van der Waals surface area contributed by atoms with Gasteiger partial charge in [-0.3, -0.25) is 0 Å². The number of hydrogen-bond donors (Lipinski definition) is 1. The van der Waals surface area contributed by atoms with Crippen molar-refractivity contribution < 1.29 is 14.3 Å². The molecule has 1 N–H and O–H groups in total. The van der Waals surface area contributed by atoms with Crippen molar-refractivity contribution in [2.24, 2.45) is 0 Å². The zero-order chi connectivity index (χ0) is 13.1. The highest BCUT2D eigenvalue weighted by Gasteiger charge is 2.15. The number of aromatic nitrogens is 1. The molecule has 0 atom stereocenters. The Morgan fingerprint density at radius 3 is 2.89 bits per heavy atom. The van der Waals surface area contributed by atoms with E-state index in [2.05, 4.69) is 4.98 Å². The lowest BCUT2D eigenvalue weighted by molar-refractivity contribution is 0.0702. The predicted molar refractivity (Wildman–Crippen MR) is 68.2 cm³/mol. The SMILES string of the molecule is CCN(c1cccc(F)c1)c1ncc(C(=O)O)s1. The number of carbonyl (C=O) groups is 1. The molecule has 0 saturated carbocycles. The molecule has 4 nitrogen and oxygen atoms in total. The van der Waals surface area contributed by atoms with Crippen LogP contribution in [0.1, 0.15) is 16.6 Å². The number of nitrogens with zero attached hydrogens (tertiary/aromatic N) is 2. The highest BCUT2D eigenvalue weighted by Crippen LogP contribution is 2.29. The van der Waals surface area contributed by atoms with Gasteiger partial charge in [0, 0.05) is 12.2 Å². The van der Waals surface area contributed by atoms with E-state index in [1.54, 1.807) is 17.0 Å². The molecule has 0 amide bonds. The highest BCUT2D eigenvalue weighted by molar-refractivity contribution is 7.17. The number of rotatable bonds is 4. The van der Waals surface area contributed by atoms with Crippen molar-refractivity contribution in [3.05, 3.63) is 41.2 Å². The molecule has 2 aromatic rings. The van der Waals surface area contributed by atoms with Gasteiger partial charge in [-0.1, -0.05) is 17.4 Å². The summed E-state index contributed by atoms with van der Waals surface area (Å²) < 4.78 is 13.2. The molecular formula is C12H11FN2O2S. The van der Waals surface area contributed by atoms with Crippen LogP contribution in [0.2, 0.25) is 0 Å². The van der Waals surface area contributed by atoms with E-state index in [1.807, 2.05) is 6.92 Å². The maximum Gasteiger partial charge on any atom is 0.347 e. The Morgan fingerprint density at radius 1 is 1.56 bits per heavy atom. The summed E-state index contributed by atoms with van der Waals surface area (Å²) in [6, 6.07) is 6.13. The Labute approximate surface area is 107 Å². The lowest BCUT2D eigenvalue weighted by Gasteiger charge is -2.19. The zero-order valence-corrected chi connectivity index (χ0v) is 10.4. The van der Waals surface area contributed by atoms with Crippen LogP contribution in [0.4, 0.5) is 15.2 Å². The number of carboxylic acid groups (broad SMARTS) is 1. The normalized spacial score (nSPS) is 10.3. The van der Waals surface area contributed by atoms with E-state index in [9.17, 15) is 9.18 Å². The van der Waals surface area contributed by atoms with Gasteiger partial charge in [0.25, 0.3) is 0 Å². The summed E-state index contributed by atoms with van der Waals surface area (Å²) in [7, 11) is 0. The fourth-order valence-corrected chi connectivity index (χ4v) is 2.40. The Balaban J connectivity index is 2.35. The third-order valence-corrected chi connectivity index (χ3v) is 3.38. The van der Waals surface area contributed by atoms with Crippen molar-refractivity contribution in [1.82, 2.24) is 4.98 Å². The quantitative estimate of drug-likeness (QED) is 0.923. The van der Waals surface area contributed by atoms with Crippen LogP contribution in [0.3, 0.4) is 0 Å². The van der Waals surface area contributed by atoms with Crippen LogP contribution < -0.4 is 4.90 Å². The molecule has 0 aliphatic rings. The molecular weight excluding hydrogens is 255 g/mol. The van der Waals surface area contributed by atoms with Crippen molar-refractivity contribution in [2.75, 3.05) is 11.4 Å². The summed E-state index contributed by atoms with van der Waals surface area (Å²) in [5.74, 6) is -1.34. The summed E-state index contributed by atoms with van der Waals surface area (Å²) in [5, 5.41) is 9.40. The second-order valence-corrected chi connectivity index (χ2v) is 4.55. The third-order valence-electron chi connectivity index (χ3n) is 2.37. The van der Waals surface area contributed by atoms with E-state index in [-0.39, 0.29) is 10.7 Å². The minimum atomic E-state index is -1.01. The molecule has 0 spiro atoms. The van der Waals surface area contributed by atoms with Crippen LogP contribution in [0.5, 0.6) is 0 Å². The van der Waals surface area contributed by atoms with Crippen molar-refractivity contribution in [1.29, 1.82) is 0 Å². The summed E-state index contributed by atoms with van der Waals surface area (Å²) in [4.78, 5) is 16.8. The maximum absolute atomic E-state index is 13.2. The first-order valence-corrected chi connectivity index (χ1v) is 6.15. The Kier molecular flexibility index (Phi) is 3.57. The summed E-state index contributed by atoms with van der Waals surface area (Å²) in [6.07, 6.45) is 1.31. The number of hydrogen-bond acceptors (Lipinski definition) is 4. The summed E-state index contributed by atoms with van der Waals surface area (Å²) >= 11 is 1.07. The number of halogens is 1. The molecule has 94 valence electrons.